The molecule has 0 aromatic rings. The van der Waals surface area contributed by atoms with E-state index in [1.807, 2.05) is 13.8 Å². The zero-order chi connectivity index (χ0) is 44.4. The molecule has 0 aromatic carbocycles. The number of ketones is 1. The summed E-state index contributed by atoms with van der Waals surface area (Å²) in [5.41, 5.74) is -1.52. The van der Waals surface area contributed by atoms with Gasteiger partial charge in [-0.2, -0.15) is 0 Å². The maximum atomic E-state index is 13.3. The van der Waals surface area contributed by atoms with Crippen LogP contribution in [-0.2, 0) is 61.9 Å². The monoisotopic (exact) mass is 843 g/mol. The van der Waals surface area contributed by atoms with E-state index < -0.39 is 121 Å². The van der Waals surface area contributed by atoms with Crippen molar-refractivity contribution in [3.05, 3.63) is 12.2 Å². The standard InChI is InChI=1S/C42H69NO16/c1-22(2)17-32(48)57-40-26(6)54-34(21-42(40,8)51)58-37-25(5)55-41(36(50)35(37)43(9)10)59-38-28(15-16-44)18-23(3)30(47)14-12-13-29(46)19-24(4)53-33(49)20-31(39(38)52-11)56-27(7)45/h12-13,16,22-26,28-29,31,34-41,46,50-51H,14-15,17-21H2,1-11H3/b13-12+/t23-,24-,25-,26+,28+,29-,31+,34-,35+,36-,37+,38-,39+,40+,41+,42-/m0/s1. The Labute approximate surface area is 348 Å². The number of hydrogen-bond donors (Lipinski definition) is 3. The highest BCUT2D eigenvalue weighted by atomic mass is 16.7. The minimum Gasteiger partial charge on any atom is -0.462 e. The zero-order valence-corrected chi connectivity index (χ0v) is 36.5. The molecular weight excluding hydrogens is 774 g/mol. The van der Waals surface area contributed by atoms with Crippen LogP contribution in [0.4, 0.5) is 0 Å². The second-order valence-corrected chi connectivity index (χ2v) is 17.2. The number of esters is 3. The normalized spacial score (nSPS) is 40.0. The second kappa shape index (κ2) is 22.8. The third-order valence-corrected chi connectivity index (χ3v) is 11.1. The van der Waals surface area contributed by atoms with E-state index in [1.54, 1.807) is 59.7 Å². The van der Waals surface area contributed by atoms with Gasteiger partial charge in [-0.05, 0) is 60.0 Å². The molecule has 0 spiro atoms. The third kappa shape index (κ3) is 14.6. The Morgan fingerprint density at radius 2 is 1.68 bits per heavy atom. The average molecular weight is 844 g/mol. The SMILES string of the molecule is CO[C@H]1[C@@H](O[C@H]2O[C@@H](C)[C@@H](O[C@H]3C[C@](C)(O)[C@H](OC(=O)CC(C)C)[C@@H](C)O3)[C@H](N(C)C)[C@@H]2O)[C@H](CC=O)C[C@H](C)C(=O)C/C=C/[C@H](O)C[C@H](C)OC(=O)C[C@H]1OC(C)=O. The van der Waals surface area contributed by atoms with Gasteiger partial charge in [0.1, 0.15) is 48.2 Å². The summed E-state index contributed by atoms with van der Waals surface area (Å²) in [4.78, 5) is 65.6. The van der Waals surface area contributed by atoms with Gasteiger partial charge in [0.05, 0.1) is 36.9 Å². The summed E-state index contributed by atoms with van der Waals surface area (Å²) in [5.74, 6) is -3.46. The first-order valence-corrected chi connectivity index (χ1v) is 20.7. The molecule has 2 fully saturated rings. The number of ether oxygens (including phenoxy) is 8. The van der Waals surface area contributed by atoms with E-state index in [0.29, 0.717) is 6.29 Å². The second-order valence-electron chi connectivity index (χ2n) is 17.2. The Morgan fingerprint density at radius 1 is 1.00 bits per heavy atom. The number of aliphatic hydroxyl groups is 3. The van der Waals surface area contributed by atoms with Gasteiger partial charge in [-0.3, -0.25) is 19.2 Å². The van der Waals surface area contributed by atoms with E-state index in [0.717, 1.165) is 6.92 Å². The number of likely N-dealkylation sites (N-methyl/N-ethyl adjacent to an activating group) is 1. The fraction of sp³-hybridized carbons (Fsp3) is 0.833. The maximum absolute atomic E-state index is 13.3. The predicted molar refractivity (Wildman–Crippen MR) is 210 cm³/mol. The fourth-order valence-electron chi connectivity index (χ4n) is 8.29. The first kappa shape index (κ1) is 50.5. The fourth-order valence-corrected chi connectivity index (χ4v) is 8.29. The molecule has 0 unspecified atom stereocenters. The van der Waals surface area contributed by atoms with E-state index in [4.69, 9.17) is 37.9 Å². The van der Waals surface area contributed by atoms with Crippen LogP contribution in [0.3, 0.4) is 0 Å². The summed E-state index contributed by atoms with van der Waals surface area (Å²) in [7, 11) is 4.78. The van der Waals surface area contributed by atoms with E-state index in [9.17, 15) is 39.3 Å². The number of aliphatic hydroxyl groups excluding tert-OH is 2. The van der Waals surface area contributed by atoms with Gasteiger partial charge >= 0.3 is 17.9 Å². The van der Waals surface area contributed by atoms with Crippen molar-refractivity contribution in [1.29, 1.82) is 0 Å². The number of methoxy groups -OCH3 is 1. The molecule has 3 heterocycles. The molecule has 3 rings (SSSR count). The van der Waals surface area contributed by atoms with Crippen molar-refractivity contribution in [2.75, 3.05) is 21.2 Å². The summed E-state index contributed by atoms with van der Waals surface area (Å²) < 4.78 is 48.3. The molecule has 2 saturated heterocycles. The lowest BCUT2D eigenvalue weighted by molar-refractivity contribution is -0.344. The minimum absolute atomic E-state index is 0.00771. The summed E-state index contributed by atoms with van der Waals surface area (Å²) in [5, 5.41) is 34.0. The third-order valence-electron chi connectivity index (χ3n) is 11.1. The average Bonchev–Trinajstić information content (AvgIpc) is 3.10. The molecule has 0 aliphatic carbocycles. The predicted octanol–water partition coefficient (Wildman–Crippen LogP) is 2.42. The van der Waals surface area contributed by atoms with Crippen LogP contribution in [0.15, 0.2) is 12.2 Å². The molecule has 0 amide bonds. The molecule has 17 heteroatoms. The number of carbonyl (C=O) groups excluding carboxylic acids is 5. The molecule has 0 radical (unpaired) electrons. The largest absolute Gasteiger partial charge is 0.462 e. The Hall–Kier alpha value is -2.87. The molecule has 3 N–H and O–H groups in total. The van der Waals surface area contributed by atoms with Crippen LogP contribution in [0, 0.1) is 17.8 Å². The Balaban J connectivity index is 1.98. The number of Topliss-reactive ketones (excluding diaryl/α,β-unsaturated/α-hetero) is 1. The van der Waals surface area contributed by atoms with E-state index in [2.05, 4.69) is 0 Å². The van der Waals surface area contributed by atoms with Crippen LogP contribution in [0.25, 0.3) is 0 Å². The van der Waals surface area contributed by atoms with Gasteiger partial charge < -0.3 is 62.9 Å². The zero-order valence-electron chi connectivity index (χ0n) is 36.5. The van der Waals surface area contributed by atoms with Gasteiger partial charge in [-0.1, -0.05) is 32.9 Å². The molecule has 59 heavy (non-hydrogen) atoms. The van der Waals surface area contributed by atoms with Crippen LogP contribution >= 0.6 is 0 Å². The van der Waals surface area contributed by atoms with Gasteiger partial charge in [0.2, 0.25) is 0 Å². The molecule has 0 bridgehead atoms. The van der Waals surface area contributed by atoms with E-state index in [-0.39, 0.29) is 50.2 Å². The minimum atomic E-state index is -1.52. The lowest BCUT2D eigenvalue weighted by Crippen LogP contribution is -2.66. The first-order valence-electron chi connectivity index (χ1n) is 20.7. The van der Waals surface area contributed by atoms with Crippen molar-refractivity contribution in [3.63, 3.8) is 0 Å². The van der Waals surface area contributed by atoms with Crippen molar-refractivity contribution in [3.8, 4) is 0 Å². The molecule has 3 aliphatic heterocycles. The number of aldehydes is 1. The number of rotatable bonds is 12. The van der Waals surface area contributed by atoms with Gasteiger partial charge in [-0.25, -0.2) is 0 Å². The number of allylic oxidation sites excluding steroid dienone is 1. The molecule has 3 aliphatic rings. The summed E-state index contributed by atoms with van der Waals surface area (Å²) in [6.45, 7) is 13.2. The van der Waals surface area contributed by atoms with Crippen LogP contribution < -0.4 is 0 Å². The number of cyclic esters (lactones) is 1. The van der Waals surface area contributed by atoms with Crippen molar-refractivity contribution in [2.45, 2.75) is 186 Å². The van der Waals surface area contributed by atoms with E-state index >= 15 is 0 Å². The maximum Gasteiger partial charge on any atom is 0.309 e. The molecule has 17 nitrogen and oxygen atoms in total. The summed E-state index contributed by atoms with van der Waals surface area (Å²) >= 11 is 0. The molecule has 16 atom stereocenters. The Morgan fingerprint density at radius 3 is 2.25 bits per heavy atom. The van der Waals surface area contributed by atoms with Crippen molar-refractivity contribution in [2.24, 2.45) is 17.8 Å². The topological polar surface area (TPSA) is 223 Å². The van der Waals surface area contributed by atoms with Crippen molar-refractivity contribution in [1.82, 2.24) is 4.90 Å². The van der Waals surface area contributed by atoms with Crippen LogP contribution in [-0.4, -0.2) is 157 Å². The van der Waals surface area contributed by atoms with Crippen LogP contribution in [0.2, 0.25) is 0 Å². The van der Waals surface area contributed by atoms with Gasteiger partial charge in [0.15, 0.2) is 18.7 Å². The van der Waals surface area contributed by atoms with Crippen LogP contribution in [0.5, 0.6) is 0 Å². The van der Waals surface area contributed by atoms with Crippen molar-refractivity contribution >= 4 is 30.0 Å². The highest BCUT2D eigenvalue weighted by molar-refractivity contribution is 5.82. The van der Waals surface area contributed by atoms with E-state index in [1.165, 1.54) is 13.2 Å². The number of carbonyl (C=O) groups is 5. The Kier molecular flexibility index (Phi) is 19.5. The quantitative estimate of drug-likeness (QED) is 0.111. The van der Waals surface area contributed by atoms with Gasteiger partial charge in [-0.15, -0.1) is 0 Å². The molecule has 0 aromatic heterocycles. The lowest BCUT2D eigenvalue weighted by Gasteiger charge is -2.50. The van der Waals surface area contributed by atoms with Crippen LogP contribution in [0.1, 0.15) is 100 Å². The first-order chi connectivity index (χ1) is 27.6. The lowest BCUT2D eigenvalue weighted by atomic mass is 9.82. The van der Waals surface area contributed by atoms with Crippen molar-refractivity contribution < 1.29 is 77.2 Å². The molecule has 0 saturated carbocycles. The number of hydrogen-bond acceptors (Lipinski definition) is 17. The Bertz CT molecular complexity index is 1420. The highest BCUT2D eigenvalue weighted by Crippen LogP contribution is 2.38. The van der Waals surface area contributed by atoms with Gasteiger partial charge in [0, 0.05) is 52.1 Å². The highest BCUT2D eigenvalue weighted by Gasteiger charge is 2.53. The van der Waals surface area contributed by atoms with Gasteiger partial charge in [0.25, 0.3) is 0 Å². The molecule has 338 valence electrons. The summed E-state index contributed by atoms with van der Waals surface area (Å²) in [6.07, 6.45) is -9.36. The number of nitrogens with zero attached hydrogens (tertiary/aromatic N) is 1. The smallest absolute Gasteiger partial charge is 0.309 e. The summed E-state index contributed by atoms with van der Waals surface area (Å²) in [6, 6.07) is -0.811. The molecular formula is C42H69NO16.